The molecule has 0 radical (unpaired) electrons. The molecule has 8 nitrogen and oxygen atoms in total. The molecule has 0 fully saturated rings. The fourth-order valence-corrected chi connectivity index (χ4v) is 1.06. The van der Waals surface area contributed by atoms with Crippen molar-refractivity contribution in [3.05, 3.63) is 0 Å². The Hall–Kier alpha value is -1.22. The molecule has 18 heavy (non-hydrogen) atoms. The van der Waals surface area contributed by atoms with Crippen molar-refractivity contribution in [2.24, 2.45) is 0 Å². The third-order valence-electron chi connectivity index (χ3n) is 2.05. The lowest BCUT2D eigenvalue weighted by Gasteiger charge is -2.25. The van der Waals surface area contributed by atoms with E-state index < -0.39 is 49.6 Å². The lowest BCUT2D eigenvalue weighted by Crippen LogP contribution is -2.47. The van der Waals surface area contributed by atoms with Crippen LogP contribution in [-0.4, -0.2) is 70.0 Å². The largest absolute Gasteiger partial charge is 0.463 e. The zero-order chi connectivity index (χ0) is 14.3. The maximum absolute atomic E-state index is 10.5. The molecule has 4 unspecified atom stereocenters. The van der Waals surface area contributed by atoms with Crippen molar-refractivity contribution in [3.63, 3.8) is 0 Å². The van der Waals surface area contributed by atoms with E-state index in [0.29, 0.717) is 0 Å². The minimum absolute atomic E-state index is 0.520. The summed E-state index contributed by atoms with van der Waals surface area (Å²) in [6.07, 6.45) is -6.60. The third kappa shape index (κ3) is 6.50. The van der Waals surface area contributed by atoms with Gasteiger partial charge >= 0.3 is 11.9 Å². The van der Waals surface area contributed by atoms with Crippen LogP contribution >= 0.6 is 0 Å². The predicted molar refractivity (Wildman–Crippen MR) is 57.3 cm³/mol. The van der Waals surface area contributed by atoms with Gasteiger partial charge in [0.25, 0.3) is 0 Å². The Morgan fingerprint density at radius 2 is 1.11 bits per heavy atom. The first-order valence-corrected chi connectivity index (χ1v) is 5.24. The molecule has 0 aromatic carbocycles. The molecule has 0 aromatic heterocycles. The lowest BCUT2D eigenvalue weighted by molar-refractivity contribution is -0.160. The van der Waals surface area contributed by atoms with Gasteiger partial charge in [-0.3, -0.25) is 9.59 Å². The molecule has 0 aliphatic carbocycles. The van der Waals surface area contributed by atoms with Crippen LogP contribution in [0.2, 0.25) is 0 Å². The van der Waals surface area contributed by atoms with Crippen LogP contribution in [0.4, 0.5) is 0 Å². The van der Waals surface area contributed by atoms with E-state index in [1.165, 1.54) is 0 Å². The van der Waals surface area contributed by atoms with E-state index in [2.05, 4.69) is 9.47 Å². The molecule has 106 valence electrons. The molecule has 0 aliphatic rings. The summed E-state index contributed by atoms with van der Waals surface area (Å²) in [6, 6.07) is 0. The molecule has 0 bridgehead atoms. The molecule has 0 saturated carbocycles. The number of aliphatic hydroxyl groups is 4. The summed E-state index contributed by atoms with van der Waals surface area (Å²) in [5, 5.41) is 37.6. The van der Waals surface area contributed by atoms with E-state index in [1.54, 1.807) is 0 Å². The number of hydrogen-bond acceptors (Lipinski definition) is 8. The van der Waals surface area contributed by atoms with Crippen LogP contribution in [0.15, 0.2) is 0 Å². The molecule has 0 rings (SSSR count). The van der Waals surface area contributed by atoms with Crippen molar-refractivity contribution in [2.75, 3.05) is 13.2 Å². The summed E-state index contributed by atoms with van der Waals surface area (Å²) in [6.45, 7) is 1.19. The Balaban J connectivity index is 4.16. The molecule has 0 heterocycles. The van der Waals surface area contributed by atoms with E-state index in [-0.39, 0.29) is 0 Å². The Morgan fingerprint density at radius 3 is 1.33 bits per heavy atom. The number of aliphatic hydroxyl groups excluding tert-OH is 4. The van der Waals surface area contributed by atoms with Crippen molar-refractivity contribution >= 4 is 11.9 Å². The van der Waals surface area contributed by atoms with Crippen LogP contribution in [-0.2, 0) is 19.1 Å². The molecule has 0 saturated heterocycles. The van der Waals surface area contributed by atoms with E-state index in [4.69, 9.17) is 0 Å². The Labute approximate surface area is 104 Å². The summed E-state index contributed by atoms with van der Waals surface area (Å²) in [5.74, 6) is -1.31. The Kier molecular flexibility index (Phi) is 7.44. The quantitative estimate of drug-likeness (QED) is 0.373. The molecule has 0 amide bonds. The first-order chi connectivity index (χ1) is 8.25. The van der Waals surface area contributed by atoms with Gasteiger partial charge in [-0.1, -0.05) is 0 Å². The van der Waals surface area contributed by atoms with Crippen molar-refractivity contribution in [3.8, 4) is 0 Å². The highest BCUT2D eigenvalue weighted by Gasteiger charge is 2.31. The Morgan fingerprint density at radius 1 is 0.833 bits per heavy atom. The van der Waals surface area contributed by atoms with Crippen molar-refractivity contribution < 1.29 is 39.5 Å². The van der Waals surface area contributed by atoms with Gasteiger partial charge < -0.3 is 29.9 Å². The van der Waals surface area contributed by atoms with Crippen LogP contribution in [0.3, 0.4) is 0 Å². The van der Waals surface area contributed by atoms with Gasteiger partial charge in [0, 0.05) is 13.8 Å². The molecule has 4 N–H and O–H groups in total. The summed E-state index contributed by atoms with van der Waals surface area (Å²) in [4.78, 5) is 20.9. The second-order valence-electron chi connectivity index (χ2n) is 3.72. The highest BCUT2D eigenvalue weighted by Crippen LogP contribution is 2.06. The van der Waals surface area contributed by atoms with Crippen LogP contribution in [0.25, 0.3) is 0 Å². The van der Waals surface area contributed by atoms with E-state index in [1.807, 2.05) is 0 Å². The monoisotopic (exact) mass is 266 g/mol. The number of ether oxygens (including phenoxy) is 2. The molecule has 0 aliphatic heterocycles. The molecular weight excluding hydrogens is 248 g/mol. The number of hydrogen-bond donors (Lipinski definition) is 4. The third-order valence-corrected chi connectivity index (χ3v) is 2.05. The molecule has 8 heteroatoms. The van der Waals surface area contributed by atoms with Crippen LogP contribution in [0.5, 0.6) is 0 Å². The fraction of sp³-hybridized carbons (Fsp3) is 0.800. The van der Waals surface area contributed by atoms with Gasteiger partial charge in [0.1, 0.15) is 37.6 Å². The average molecular weight is 266 g/mol. The van der Waals surface area contributed by atoms with Crippen molar-refractivity contribution in [1.29, 1.82) is 0 Å². The van der Waals surface area contributed by atoms with E-state index in [9.17, 15) is 30.0 Å². The van der Waals surface area contributed by atoms with Gasteiger partial charge in [-0.05, 0) is 0 Å². The van der Waals surface area contributed by atoms with Gasteiger partial charge in [0.05, 0.1) is 0 Å². The average Bonchev–Trinajstić information content (AvgIpc) is 2.30. The van der Waals surface area contributed by atoms with Gasteiger partial charge in [-0.25, -0.2) is 0 Å². The number of esters is 2. The SMILES string of the molecule is CC(=O)OCC(O)C(O)C(O)C(O)COC(C)=O. The van der Waals surface area contributed by atoms with Gasteiger partial charge in [-0.15, -0.1) is 0 Å². The van der Waals surface area contributed by atoms with Crippen LogP contribution in [0, 0.1) is 0 Å². The van der Waals surface area contributed by atoms with Crippen LogP contribution < -0.4 is 0 Å². The van der Waals surface area contributed by atoms with Crippen LogP contribution in [0.1, 0.15) is 13.8 Å². The first kappa shape index (κ1) is 16.8. The molecular formula is C10H18O8. The lowest BCUT2D eigenvalue weighted by atomic mass is 10.0. The second-order valence-corrected chi connectivity index (χ2v) is 3.72. The zero-order valence-corrected chi connectivity index (χ0v) is 10.1. The number of carbonyl (C=O) groups excluding carboxylic acids is 2. The maximum atomic E-state index is 10.5. The normalized spacial score (nSPS) is 17.4. The summed E-state index contributed by atoms with van der Waals surface area (Å²) in [7, 11) is 0. The minimum Gasteiger partial charge on any atom is -0.463 e. The second kappa shape index (κ2) is 7.98. The van der Waals surface area contributed by atoms with Crippen molar-refractivity contribution in [2.45, 2.75) is 38.3 Å². The standard InChI is InChI=1S/C10H18O8/c1-5(11)17-3-7(13)9(15)10(16)8(14)4-18-6(2)12/h7-10,13-16H,3-4H2,1-2H3. The topological polar surface area (TPSA) is 134 Å². The van der Waals surface area contributed by atoms with Crippen molar-refractivity contribution in [1.82, 2.24) is 0 Å². The first-order valence-electron chi connectivity index (χ1n) is 5.24. The molecule has 0 spiro atoms. The van der Waals surface area contributed by atoms with Gasteiger partial charge in [-0.2, -0.15) is 0 Å². The fourth-order valence-electron chi connectivity index (χ4n) is 1.06. The minimum atomic E-state index is -1.74. The zero-order valence-electron chi connectivity index (χ0n) is 10.1. The maximum Gasteiger partial charge on any atom is 0.302 e. The number of carbonyl (C=O) groups is 2. The van der Waals surface area contributed by atoms with E-state index >= 15 is 0 Å². The summed E-state index contributed by atoms with van der Waals surface area (Å²) >= 11 is 0. The summed E-state index contributed by atoms with van der Waals surface area (Å²) < 4.78 is 8.85. The smallest absolute Gasteiger partial charge is 0.302 e. The number of rotatable bonds is 7. The molecule has 0 aromatic rings. The Bertz CT molecular complexity index is 251. The van der Waals surface area contributed by atoms with Gasteiger partial charge in [0.2, 0.25) is 0 Å². The predicted octanol–water partition coefficient (Wildman–Crippen LogP) is -2.44. The highest BCUT2D eigenvalue weighted by molar-refractivity contribution is 5.66. The highest BCUT2D eigenvalue weighted by atomic mass is 16.5. The van der Waals surface area contributed by atoms with E-state index in [0.717, 1.165) is 13.8 Å². The van der Waals surface area contributed by atoms with Gasteiger partial charge in [0.15, 0.2) is 0 Å². The summed E-state index contributed by atoms with van der Waals surface area (Å²) in [5.41, 5.74) is 0. The molecule has 4 atom stereocenters.